The van der Waals surface area contributed by atoms with Gasteiger partial charge in [-0.1, -0.05) is 30.3 Å². The van der Waals surface area contributed by atoms with Crippen molar-refractivity contribution in [1.82, 2.24) is 10.2 Å². The van der Waals surface area contributed by atoms with E-state index in [0.29, 0.717) is 11.8 Å². The standard InChI is InChI=1S/C15H20N2O/c18-15(14-9-16-10-14)17-7-6-13(11-17)8-12-4-2-1-3-5-12/h1-5,13-14,16H,6-11H2. The summed E-state index contributed by atoms with van der Waals surface area (Å²) in [5, 5.41) is 3.17. The number of rotatable bonds is 3. The number of likely N-dealkylation sites (tertiary alicyclic amines) is 1. The predicted octanol–water partition coefficient (Wildman–Crippen LogP) is 1.30. The topological polar surface area (TPSA) is 32.3 Å². The first-order valence-corrected chi connectivity index (χ1v) is 6.86. The average molecular weight is 244 g/mol. The van der Waals surface area contributed by atoms with Gasteiger partial charge in [0.1, 0.15) is 0 Å². The molecule has 18 heavy (non-hydrogen) atoms. The Morgan fingerprint density at radius 2 is 2.06 bits per heavy atom. The maximum absolute atomic E-state index is 12.1. The van der Waals surface area contributed by atoms with Crippen LogP contribution in [0.4, 0.5) is 0 Å². The molecule has 0 radical (unpaired) electrons. The summed E-state index contributed by atoms with van der Waals surface area (Å²) in [6, 6.07) is 10.6. The molecule has 0 aliphatic carbocycles. The molecule has 1 aromatic rings. The number of hydrogen-bond donors (Lipinski definition) is 1. The number of amides is 1. The lowest BCUT2D eigenvalue weighted by atomic mass is 9.98. The van der Waals surface area contributed by atoms with E-state index in [1.165, 1.54) is 5.56 Å². The lowest BCUT2D eigenvalue weighted by Crippen LogP contribution is -2.51. The average Bonchev–Trinajstić information content (AvgIpc) is 2.76. The van der Waals surface area contributed by atoms with Crippen molar-refractivity contribution in [2.75, 3.05) is 26.2 Å². The summed E-state index contributed by atoms with van der Waals surface area (Å²) in [5.41, 5.74) is 1.39. The number of carbonyl (C=O) groups excluding carboxylic acids is 1. The summed E-state index contributed by atoms with van der Waals surface area (Å²) < 4.78 is 0. The molecule has 3 rings (SSSR count). The molecule has 0 bridgehead atoms. The van der Waals surface area contributed by atoms with Crippen LogP contribution in [0.2, 0.25) is 0 Å². The quantitative estimate of drug-likeness (QED) is 0.869. The second-order valence-electron chi connectivity index (χ2n) is 5.48. The van der Waals surface area contributed by atoms with Crippen LogP contribution in [-0.4, -0.2) is 37.0 Å². The zero-order chi connectivity index (χ0) is 12.4. The van der Waals surface area contributed by atoms with E-state index >= 15 is 0 Å². The number of carbonyl (C=O) groups is 1. The van der Waals surface area contributed by atoms with Crippen molar-refractivity contribution in [3.05, 3.63) is 35.9 Å². The normalized spacial score (nSPS) is 24.0. The molecule has 1 amide bonds. The first-order valence-electron chi connectivity index (χ1n) is 6.86. The molecular formula is C15H20N2O. The third-order valence-corrected chi connectivity index (χ3v) is 4.10. The van der Waals surface area contributed by atoms with Gasteiger partial charge in [-0.15, -0.1) is 0 Å². The van der Waals surface area contributed by atoms with Crippen molar-refractivity contribution in [2.24, 2.45) is 11.8 Å². The van der Waals surface area contributed by atoms with Gasteiger partial charge >= 0.3 is 0 Å². The molecule has 96 valence electrons. The van der Waals surface area contributed by atoms with E-state index in [-0.39, 0.29) is 5.92 Å². The van der Waals surface area contributed by atoms with Gasteiger partial charge in [0.05, 0.1) is 5.92 Å². The smallest absolute Gasteiger partial charge is 0.228 e. The Labute approximate surface area is 108 Å². The molecule has 2 aliphatic heterocycles. The van der Waals surface area contributed by atoms with Gasteiger partial charge in [-0.2, -0.15) is 0 Å². The second-order valence-corrected chi connectivity index (χ2v) is 5.48. The Morgan fingerprint density at radius 1 is 1.28 bits per heavy atom. The molecule has 1 aromatic carbocycles. The molecule has 1 atom stereocenters. The molecule has 0 saturated carbocycles. The molecule has 2 saturated heterocycles. The van der Waals surface area contributed by atoms with Crippen LogP contribution in [0.15, 0.2) is 30.3 Å². The monoisotopic (exact) mass is 244 g/mol. The van der Waals surface area contributed by atoms with Gasteiger partial charge in [0, 0.05) is 26.2 Å². The summed E-state index contributed by atoms with van der Waals surface area (Å²) in [6.45, 7) is 3.65. The van der Waals surface area contributed by atoms with Crippen molar-refractivity contribution in [3.8, 4) is 0 Å². The number of hydrogen-bond acceptors (Lipinski definition) is 2. The fraction of sp³-hybridized carbons (Fsp3) is 0.533. The van der Waals surface area contributed by atoms with E-state index < -0.39 is 0 Å². The van der Waals surface area contributed by atoms with Gasteiger partial charge in [-0.25, -0.2) is 0 Å². The third kappa shape index (κ3) is 2.41. The Bertz CT molecular complexity index is 414. The highest BCUT2D eigenvalue weighted by atomic mass is 16.2. The highest BCUT2D eigenvalue weighted by Gasteiger charge is 2.33. The van der Waals surface area contributed by atoms with E-state index in [1.807, 2.05) is 0 Å². The maximum atomic E-state index is 12.1. The van der Waals surface area contributed by atoms with E-state index in [4.69, 9.17) is 0 Å². The maximum Gasteiger partial charge on any atom is 0.228 e. The van der Waals surface area contributed by atoms with Gasteiger partial charge in [0.15, 0.2) is 0 Å². The van der Waals surface area contributed by atoms with Crippen LogP contribution in [0.3, 0.4) is 0 Å². The molecular weight excluding hydrogens is 224 g/mol. The summed E-state index contributed by atoms with van der Waals surface area (Å²) in [7, 11) is 0. The Hall–Kier alpha value is -1.35. The predicted molar refractivity (Wildman–Crippen MR) is 71.2 cm³/mol. The van der Waals surface area contributed by atoms with E-state index in [0.717, 1.165) is 39.0 Å². The first-order chi connectivity index (χ1) is 8.83. The van der Waals surface area contributed by atoms with Gasteiger partial charge in [-0.3, -0.25) is 4.79 Å². The van der Waals surface area contributed by atoms with Crippen molar-refractivity contribution in [3.63, 3.8) is 0 Å². The van der Waals surface area contributed by atoms with Crippen LogP contribution < -0.4 is 5.32 Å². The summed E-state index contributed by atoms with van der Waals surface area (Å²) in [4.78, 5) is 14.2. The molecule has 3 nitrogen and oxygen atoms in total. The summed E-state index contributed by atoms with van der Waals surface area (Å²) >= 11 is 0. The van der Waals surface area contributed by atoms with Gasteiger partial charge in [-0.05, 0) is 24.3 Å². The van der Waals surface area contributed by atoms with Crippen LogP contribution in [0.5, 0.6) is 0 Å². The van der Waals surface area contributed by atoms with Crippen LogP contribution in [0.1, 0.15) is 12.0 Å². The zero-order valence-corrected chi connectivity index (χ0v) is 10.6. The third-order valence-electron chi connectivity index (χ3n) is 4.10. The summed E-state index contributed by atoms with van der Waals surface area (Å²) in [5.74, 6) is 1.26. The van der Waals surface area contributed by atoms with Crippen LogP contribution in [0.25, 0.3) is 0 Å². The second kappa shape index (κ2) is 5.11. The van der Waals surface area contributed by atoms with E-state index in [2.05, 4.69) is 40.5 Å². The Balaban J connectivity index is 1.53. The first kappa shape index (κ1) is 11.7. The molecule has 2 fully saturated rings. The highest BCUT2D eigenvalue weighted by molar-refractivity contribution is 5.80. The SMILES string of the molecule is O=C(C1CNC1)N1CCC(Cc2ccccc2)C1. The zero-order valence-electron chi connectivity index (χ0n) is 10.6. The van der Waals surface area contributed by atoms with Crippen molar-refractivity contribution in [2.45, 2.75) is 12.8 Å². The molecule has 1 N–H and O–H groups in total. The largest absolute Gasteiger partial charge is 0.342 e. The van der Waals surface area contributed by atoms with Crippen molar-refractivity contribution < 1.29 is 4.79 Å². The molecule has 3 heteroatoms. The minimum absolute atomic E-state index is 0.250. The summed E-state index contributed by atoms with van der Waals surface area (Å²) in [6.07, 6.45) is 2.26. The van der Waals surface area contributed by atoms with Gasteiger partial charge in [0.25, 0.3) is 0 Å². The van der Waals surface area contributed by atoms with Crippen LogP contribution in [-0.2, 0) is 11.2 Å². The van der Waals surface area contributed by atoms with E-state index in [1.54, 1.807) is 0 Å². The molecule has 2 aliphatic rings. The Kier molecular flexibility index (Phi) is 3.33. The van der Waals surface area contributed by atoms with Crippen molar-refractivity contribution in [1.29, 1.82) is 0 Å². The molecule has 0 spiro atoms. The molecule has 1 unspecified atom stereocenters. The van der Waals surface area contributed by atoms with E-state index in [9.17, 15) is 4.79 Å². The lowest BCUT2D eigenvalue weighted by Gasteiger charge is -2.30. The van der Waals surface area contributed by atoms with Crippen molar-refractivity contribution >= 4 is 5.91 Å². The number of nitrogens with zero attached hydrogens (tertiary/aromatic N) is 1. The Morgan fingerprint density at radius 3 is 2.72 bits per heavy atom. The van der Waals surface area contributed by atoms with Gasteiger partial charge < -0.3 is 10.2 Å². The van der Waals surface area contributed by atoms with Crippen LogP contribution in [0, 0.1) is 11.8 Å². The number of benzene rings is 1. The van der Waals surface area contributed by atoms with Crippen LogP contribution >= 0.6 is 0 Å². The minimum Gasteiger partial charge on any atom is -0.342 e. The van der Waals surface area contributed by atoms with Gasteiger partial charge in [0.2, 0.25) is 5.91 Å². The fourth-order valence-corrected chi connectivity index (χ4v) is 2.87. The molecule has 0 aromatic heterocycles. The number of nitrogens with one attached hydrogen (secondary N) is 1. The minimum atomic E-state index is 0.250. The highest BCUT2D eigenvalue weighted by Crippen LogP contribution is 2.23. The lowest BCUT2D eigenvalue weighted by molar-refractivity contribution is -0.136. The fourth-order valence-electron chi connectivity index (χ4n) is 2.87. The molecule has 2 heterocycles.